The lowest BCUT2D eigenvalue weighted by atomic mass is 9.95. The molecule has 0 unspecified atom stereocenters. The zero-order chi connectivity index (χ0) is 28.0. The van der Waals surface area contributed by atoms with E-state index in [1.54, 1.807) is 6.08 Å². The predicted molar refractivity (Wildman–Crippen MR) is 151 cm³/mol. The summed E-state index contributed by atoms with van der Waals surface area (Å²) >= 11 is 1.28. The number of ketones is 1. The van der Waals surface area contributed by atoms with Crippen molar-refractivity contribution in [1.29, 1.82) is 0 Å². The Morgan fingerprint density at radius 3 is 2.08 bits per heavy atom. The number of nitrogens with zero attached hydrogens (tertiary/aromatic N) is 2. The third-order valence-corrected chi connectivity index (χ3v) is 7.29. The Labute approximate surface area is 234 Å². The van der Waals surface area contributed by atoms with Gasteiger partial charge in [-0.1, -0.05) is 78.5 Å². The Balaban J connectivity index is 1.64. The van der Waals surface area contributed by atoms with Crippen molar-refractivity contribution in [3.05, 3.63) is 84.4 Å². The first-order valence-corrected chi connectivity index (χ1v) is 13.9. The van der Waals surface area contributed by atoms with Crippen LogP contribution >= 0.6 is 11.8 Å². The Morgan fingerprint density at radius 2 is 1.56 bits per heavy atom. The minimum absolute atomic E-state index is 0.163. The molecule has 2 aromatic carbocycles. The van der Waals surface area contributed by atoms with E-state index in [4.69, 9.17) is 23.9 Å². The van der Waals surface area contributed by atoms with Gasteiger partial charge in [0.2, 0.25) is 0 Å². The van der Waals surface area contributed by atoms with E-state index < -0.39 is 41.5 Å². The molecule has 2 heterocycles. The zero-order valence-electron chi connectivity index (χ0n) is 22.8. The van der Waals surface area contributed by atoms with Crippen LogP contribution in [0.25, 0.3) is 0 Å². The maximum absolute atomic E-state index is 13.0. The second-order valence-electron chi connectivity index (χ2n) is 10.5. The molecule has 5 atom stereocenters. The van der Waals surface area contributed by atoms with E-state index >= 15 is 0 Å². The fourth-order valence-electron chi connectivity index (χ4n) is 4.36. The Bertz CT molecular complexity index is 1170. The number of Topliss-reactive ketones (excluding diaryl/α,β-unsaturated/α-hetero) is 1. The highest BCUT2D eigenvalue weighted by molar-refractivity contribution is 8.14. The molecule has 2 aliphatic rings. The van der Waals surface area contributed by atoms with Gasteiger partial charge >= 0.3 is 6.09 Å². The lowest BCUT2D eigenvalue weighted by molar-refractivity contribution is -0.198. The van der Waals surface area contributed by atoms with Gasteiger partial charge in [0.25, 0.3) is 0 Å². The highest BCUT2D eigenvalue weighted by Gasteiger charge is 2.53. The fraction of sp³-hybridized carbons (Fsp3) is 0.433. The smallest absolute Gasteiger partial charge is 0.416 e. The van der Waals surface area contributed by atoms with Gasteiger partial charge in [-0.05, 0) is 38.8 Å². The molecule has 2 aromatic rings. The maximum Gasteiger partial charge on any atom is 0.416 e. The van der Waals surface area contributed by atoms with Gasteiger partial charge in [-0.2, -0.15) is 0 Å². The summed E-state index contributed by atoms with van der Waals surface area (Å²) in [6, 6.07) is 19.0. The van der Waals surface area contributed by atoms with Crippen LogP contribution in [0.4, 0.5) is 4.79 Å². The van der Waals surface area contributed by atoms with Crippen LogP contribution in [-0.4, -0.2) is 63.9 Å². The normalized spacial score (nSPS) is 24.4. The van der Waals surface area contributed by atoms with E-state index in [0.29, 0.717) is 11.8 Å². The molecule has 4 rings (SSSR count). The van der Waals surface area contributed by atoms with Crippen molar-refractivity contribution in [2.75, 3.05) is 6.54 Å². The number of benzene rings is 2. The quantitative estimate of drug-likeness (QED) is 0.387. The molecular formula is C30H36N2O6S. The summed E-state index contributed by atoms with van der Waals surface area (Å²) in [6.07, 6.45) is -1.08. The Kier molecular flexibility index (Phi) is 9.61. The standard InChI is InChI=1S/C30H36N2O6S/c1-6-17-32(29(34)38-30(3,4)5)28-31-23-25(35-18-21-13-9-7-10-14-21)26(24(20(2)33)37-27(23)39-28)36-19-22-15-11-8-12-16-22/h6-16,23-27H,1,17-19H2,2-5H3/t23-,24-,25-,26-,27-/m1/s1. The summed E-state index contributed by atoms with van der Waals surface area (Å²) in [5.74, 6) is -0.163. The van der Waals surface area contributed by atoms with Crippen molar-refractivity contribution in [2.45, 2.75) is 76.3 Å². The molecule has 0 spiro atoms. The average Bonchev–Trinajstić information content (AvgIpc) is 3.32. The van der Waals surface area contributed by atoms with Gasteiger partial charge in [0.05, 0.1) is 13.2 Å². The van der Waals surface area contributed by atoms with Crippen molar-refractivity contribution in [2.24, 2.45) is 4.99 Å². The van der Waals surface area contributed by atoms with Gasteiger partial charge in [0, 0.05) is 6.54 Å². The topological polar surface area (TPSA) is 86.7 Å². The van der Waals surface area contributed by atoms with E-state index in [9.17, 15) is 9.59 Å². The van der Waals surface area contributed by atoms with Gasteiger partial charge in [-0.25, -0.2) is 4.79 Å². The average molecular weight is 553 g/mol. The third kappa shape index (κ3) is 7.57. The van der Waals surface area contributed by atoms with Crippen LogP contribution < -0.4 is 0 Å². The second-order valence-corrected chi connectivity index (χ2v) is 11.5. The number of thioether (sulfide) groups is 1. The first-order valence-electron chi connectivity index (χ1n) is 13.0. The van der Waals surface area contributed by atoms with Crippen molar-refractivity contribution in [1.82, 2.24) is 4.90 Å². The van der Waals surface area contributed by atoms with E-state index in [0.717, 1.165) is 11.1 Å². The molecule has 39 heavy (non-hydrogen) atoms. The summed E-state index contributed by atoms with van der Waals surface area (Å²) in [5, 5.41) is 0.429. The predicted octanol–water partition coefficient (Wildman–Crippen LogP) is 5.37. The molecule has 0 aromatic heterocycles. The van der Waals surface area contributed by atoms with Gasteiger partial charge in [-0.15, -0.1) is 6.58 Å². The molecule has 1 fully saturated rings. The molecule has 208 valence electrons. The van der Waals surface area contributed by atoms with Crippen molar-refractivity contribution >= 4 is 28.8 Å². The third-order valence-electron chi connectivity index (χ3n) is 6.13. The van der Waals surface area contributed by atoms with Crippen LogP contribution in [0, 0.1) is 0 Å². The molecule has 1 amide bonds. The summed E-state index contributed by atoms with van der Waals surface area (Å²) in [6.45, 7) is 11.5. The van der Waals surface area contributed by atoms with Crippen molar-refractivity contribution < 1.29 is 28.5 Å². The van der Waals surface area contributed by atoms with Crippen LogP contribution in [0.1, 0.15) is 38.8 Å². The first-order chi connectivity index (χ1) is 18.7. The second kappa shape index (κ2) is 12.9. The number of hydrogen-bond donors (Lipinski definition) is 0. The summed E-state index contributed by atoms with van der Waals surface area (Å²) < 4.78 is 24.7. The van der Waals surface area contributed by atoms with Crippen molar-refractivity contribution in [3.8, 4) is 0 Å². The molecule has 0 N–H and O–H groups in total. The van der Waals surface area contributed by atoms with Gasteiger partial charge < -0.3 is 18.9 Å². The molecule has 9 heteroatoms. The molecule has 0 aliphatic carbocycles. The Hall–Kier alpha value is -2.98. The van der Waals surface area contributed by atoms with Crippen LogP contribution in [0.2, 0.25) is 0 Å². The number of aliphatic imine (C=N–C) groups is 1. The first kappa shape index (κ1) is 29.0. The minimum Gasteiger partial charge on any atom is -0.443 e. The summed E-state index contributed by atoms with van der Waals surface area (Å²) in [7, 11) is 0. The molecule has 0 radical (unpaired) electrons. The number of amides is 1. The fourth-order valence-corrected chi connectivity index (χ4v) is 5.56. The molecule has 0 bridgehead atoms. The molecule has 2 aliphatic heterocycles. The number of ether oxygens (including phenoxy) is 4. The van der Waals surface area contributed by atoms with E-state index in [1.807, 2.05) is 81.4 Å². The lowest BCUT2D eigenvalue weighted by Gasteiger charge is -2.41. The van der Waals surface area contributed by atoms with Crippen LogP contribution in [0.5, 0.6) is 0 Å². The van der Waals surface area contributed by atoms with Crippen LogP contribution in [-0.2, 0) is 37.0 Å². The number of carbonyl (C=O) groups is 2. The number of fused-ring (bicyclic) bond motifs is 1. The van der Waals surface area contributed by atoms with Gasteiger partial charge in [0.1, 0.15) is 35.4 Å². The number of carbonyl (C=O) groups excluding carboxylic acids is 2. The van der Waals surface area contributed by atoms with E-state index in [1.165, 1.54) is 23.6 Å². The number of rotatable bonds is 9. The summed E-state index contributed by atoms with van der Waals surface area (Å²) in [5.41, 5.74) is 0.733. The molecule has 8 nitrogen and oxygen atoms in total. The largest absolute Gasteiger partial charge is 0.443 e. The molecule has 0 saturated carbocycles. The van der Waals surface area contributed by atoms with E-state index in [-0.39, 0.29) is 18.9 Å². The number of amidine groups is 1. The SMILES string of the molecule is C=CCN(C(=O)OC(C)(C)C)C1=N[C@@H]2[C@@H](OCc3ccccc3)[C@H](OCc3ccccc3)[C@@H](C(C)=O)O[C@@H]2S1. The van der Waals surface area contributed by atoms with Gasteiger partial charge in [0.15, 0.2) is 11.0 Å². The highest BCUT2D eigenvalue weighted by Crippen LogP contribution is 2.40. The van der Waals surface area contributed by atoms with Crippen LogP contribution in [0.15, 0.2) is 78.3 Å². The maximum atomic E-state index is 13.0. The van der Waals surface area contributed by atoms with Crippen LogP contribution in [0.3, 0.4) is 0 Å². The van der Waals surface area contributed by atoms with E-state index in [2.05, 4.69) is 6.58 Å². The monoisotopic (exact) mass is 552 g/mol. The minimum atomic E-state index is -0.854. The molecular weight excluding hydrogens is 516 g/mol. The van der Waals surface area contributed by atoms with Crippen molar-refractivity contribution in [3.63, 3.8) is 0 Å². The number of hydrogen-bond acceptors (Lipinski definition) is 8. The molecule has 1 saturated heterocycles. The highest BCUT2D eigenvalue weighted by atomic mass is 32.2. The Morgan fingerprint density at radius 1 is 1.00 bits per heavy atom. The summed E-state index contributed by atoms with van der Waals surface area (Å²) in [4.78, 5) is 32.2. The zero-order valence-corrected chi connectivity index (χ0v) is 23.6. The van der Waals surface area contributed by atoms with Gasteiger partial charge in [-0.3, -0.25) is 14.7 Å². The lowest BCUT2D eigenvalue weighted by Crippen LogP contribution is -2.58.